The summed E-state index contributed by atoms with van der Waals surface area (Å²) in [6.07, 6.45) is 0.684. The maximum absolute atomic E-state index is 12.2. The number of rotatable bonds is 7. The summed E-state index contributed by atoms with van der Waals surface area (Å²) in [5, 5.41) is 13.7. The lowest BCUT2D eigenvalue weighted by Gasteiger charge is -2.27. The molecule has 0 aliphatic carbocycles. The number of nitro benzene ring substituents is 1. The molecule has 1 fully saturated rings. The Kier molecular flexibility index (Phi) is 10.8. The lowest BCUT2D eigenvalue weighted by Crippen LogP contribution is -2.44. The number of piperazine rings is 1. The quantitative estimate of drug-likeness (QED) is 0.383. The highest BCUT2D eigenvalue weighted by Gasteiger charge is 2.20. The van der Waals surface area contributed by atoms with Gasteiger partial charge in [-0.3, -0.25) is 10.1 Å². The van der Waals surface area contributed by atoms with Gasteiger partial charge in [0.15, 0.2) is 0 Å². The van der Waals surface area contributed by atoms with E-state index in [4.69, 9.17) is 11.6 Å². The van der Waals surface area contributed by atoms with Crippen molar-refractivity contribution >= 4 is 52.1 Å². The van der Waals surface area contributed by atoms with Gasteiger partial charge in [0.25, 0.3) is 5.69 Å². The smallest absolute Gasteiger partial charge is 0.271 e. The molecular weight excluding hydrogens is 415 g/mol. The molecule has 0 atom stereocenters. The van der Waals surface area contributed by atoms with Crippen LogP contribution >= 0.6 is 36.4 Å². The molecule has 144 valence electrons. The Morgan fingerprint density at radius 1 is 1.28 bits per heavy atom. The molecular formula is C13H21Cl3N4O4S. The first-order chi connectivity index (χ1) is 10.9. The SMILES string of the molecule is Cl.Cl.O=[N+]([O-])c1ccc(S(=O)(=O)NCCCN2CCNCC2)c(Cl)c1. The fourth-order valence-electron chi connectivity index (χ4n) is 2.34. The van der Waals surface area contributed by atoms with E-state index in [-0.39, 0.29) is 40.4 Å². The van der Waals surface area contributed by atoms with Gasteiger partial charge in [-0.2, -0.15) is 0 Å². The molecule has 0 bridgehead atoms. The maximum atomic E-state index is 12.2. The largest absolute Gasteiger partial charge is 0.314 e. The van der Waals surface area contributed by atoms with E-state index in [2.05, 4.69) is 14.9 Å². The highest BCUT2D eigenvalue weighted by atomic mass is 35.5. The Morgan fingerprint density at radius 2 is 1.92 bits per heavy atom. The number of nitrogens with zero attached hydrogens (tertiary/aromatic N) is 2. The van der Waals surface area contributed by atoms with E-state index in [1.807, 2.05) is 0 Å². The number of hydrogen-bond acceptors (Lipinski definition) is 6. The highest BCUT2D eigenvalue weighted by Crippen LogP contribution is 2.25. The van der Waals surface area contributed by atoms with Gasteiger partial charge in [-0.15, -0.1) is 24.8 Å². The zero-order valence-electron chi connectivity index (χ0n) is 13.3. The second kappa shape index (κ2) is 11.1. The maximum Gasteiger partial charge on any atom is 0.271 e. The first-order valence-corrected chi connectivity index (χ1v) is 9.13. The van der Waals surface area contributed by atoms with Gasteiger partial charge in [-0.1, -0.05) is 11.6 Å². The zero-order valence-corrected chi connectivity index (χ0v) is 16.5. The van der Waals surface area contributed by atoms with Crippen LogP contribution in [0.4, 0.5) is 5.69 Å². The Balaban J connectivity index is 0.00000288. The molecule has 0 amide bonds. The van der Waals surface area contributed by atoms with Crippen molar-refractivity contribution in [1.29, 1.82) is 0 Å². The van der Waals surface area contributed by atoms with Crippen molar-refractivity contribution in [3.8, 4) is 0 Å². The lowest BCUT2D eigenvalue weighted by molar-refractivity contribution is -0.384. The van der Waals surface area contributed by atoms with Crippen LogP contribution in [0.25, 0.3) is 0 Å². The van der Waals surface area contributed by atoms with Gasteiger partial charge < -0.3 is 10.2 Å². The van der Waals surface area contributed by atoms with Crippen LogP contribution < -0.4 is 10.0 Å². The average Bonchev–Trinajstić information content (AvgIpc) is 2.52. The summed E-state index contributed by atoms with van der Waals surface area (Å²) in [5.41, 5.74) is -0.243. The molecule has 1 saturated heterocycles. The lowest BCUT2D eigenvalue weighted by atomic mass is 10.3. The highest BCUT2D eigenvalue weighted by molar-refractivity contribution is 7.89. The average molecular weight is 436 g/mol. The van der Waals surface area contributed by atoms with E-state index in [0.29, 0.717) is 13.0 Å². The van der Waals surface area contributed by atoms with Crippen LogP contribution in [0.2, 0.25) is 5.02 Å². The number of sulfonamides is 1. The molecule has 1 heterocycles. The molecule has 2 N–H and O–H groups in total. The minimum absolute atomic E-state index is 0. The molecule has 8 nitrogen and oxygen atoms in total. The minimum atomic E-state index is -3.77. The van der Waals surface area contributed by atoms with E-state index in [0.717, 1.165) is 50.9 Å². The number of halogens is 3. The van der Waals surface area contributed by atoms with Crippen LogP contribution in [0.5, 0.6) is 0 Å². The van der Waals surface area contributed by atoms with E-state index in [9.17, 15) is 18.5 Å². The van der Waals surface area contributed by atoms with Gasteiger partial charge in [-0.25, -0.2) is 13.1 Å². The molecule has 25 heavy (non-hydrogen) atoms. The Bertz CT molecular complexity index is 669. The number of nitro groups is 1. The third kappa shape index (κ3) is 7.22. The fraction of sp³-hybridized carbons (Fsp3) is 0.538. The molecule has 1 aromatic rings. The summed E-state index contributed by atoms with van der Waals surface area (Å²) >= 11 is 5.85. The van der Waals surface area contributed by atoms with Crippen molar-refractivity contribution in [2.45, 2.75) is 11.3 Å². The molecule has 1 aromatic carbocycles. The molecule has 12 heteroatoms. The van der Waals surface area contributed by atoms with Gasteiger partial charge in [0.2, 0.25) is 10.0 Å². The van der Waals surface area contributed by atoms with Crippen molar-refractivity contribution in [2.24, 2.45) is 0 Å². The molecule has 0 radical (unpaired) electrons. The van der Waals surface area contributed by atoms with Gasteiger partial charge in [0, 0.05) is 44.9 Å². The van der Waals surface area contributed by atoms with Crippen molar-refractivity contribution in [1.82, 2.24) is 14.9 Å². The van der Waals surface area contributed by atoms with E-state index >= 15 is 0 Å². The summed E-state index contributed by atoms with van der Waals surface area (Å²) in [6, 6.07) is 3.32. The number of hydrogen-bond donors (Lipinski definition) is 2. The van der Waals surface area contributed by atoms with Gasteiger partial charge in [-0.05, 0) is 19.0 Å². The van der Waals surface area contributed by atoms with Gasteiger partial charge in [0.05, 0.1) is 9.95 Å². The van der Waals surface area contributed by atoms with Crippen molar-refractivity contribution < 1.29 is 13.3 Å². The molecule has 0 aromatic heterocycles. The number of nitrogens with one attached hydrogen (secondary N) is 2. The summed E-state index contributed by atoms with van der Waals surface area (Å²) < 4.78 is 26.9. The van der Waals surface area contributed by atoms with Crippen LogP contribution in [0.15, 0.2) is 23.1 Å². The predicted molar refractivity (Wildman–Crippen MR) is 102 cm³/mol. The van der Waals surface area contributed by atoms with E-state index < -0.39 is 14.9 Å². The molecule has 2 rings (SSSR count). The van der Waals surface area contributed by atoms with Crippen molar-refractivity contribution in [3.05, 3.63) is 33.3 Å². The zero-order chi connectivity index (χ0) is 16.9. The van der Waals surface area contributed by atoms with Crippen molar-refractivity contribution in [2.75, 3.05) is 39.3 Å². The Hall–Kier alpha value is -0.680. The van der Waals surface area contributed by atoms with Gasteiger partial charge in [0.1, 0.15) is 4.90 Å². The summed E-state index contributed by atoms with van der Waals surface area (Å²) in [7, 11) is -3.77. The second-order valence-corrected chi connectivity index (χ2v) is 7.36. The van der Waals surface area contributed by atoms with Crippen LogP contribution in [0.3, 0.4) is 0 Å². The first-order valence-electron chi connectivity index (χ1n) is 7.27. The van der Waals surface area contributed by atoms with Crippen LogP contribution in [-0.4, -0.2) is 57.5 Å². The fourth-order valence-corrected chi connectivity index (χ4v) is 3.95. The second-order valence-electron chi connectivity index (χ2n) is 5.21. The van der Waals surface area contributed by atoms with E-state index in [1.165, 1.54) is 0 Å². The summed E-state index contributed by atoms with van der Waals surface area (Å²) in [5.74, 6) is 0. The predicted octanol–water partition coefficient (Wildman–Crippen LogP) is 1.67. The third-order valence-corrected chi connectivity index (χ3v) is 5.51. The Labute approximate surface area is 164 Å². The van der Waals surface area contributed by atoms with Gasteiger partial charge >= 0.3 is 0 Å². The molecule has 0 saturated carbocycles. The first kappa shape index (κ1) is 24.3. The van der Waals surface area contributed by atoms with E-state index in [1.54, 1.807) is 0 Å². The number of benzene rings is 1. The Morgan fingerprint density at radius 3 is 2.48 bits per heavy atom. The molecule has 1 aliphatic rings. The van der Waals surface area contributed by atoms with Crippen LogP contribution in [0, 0.1) is 10.1 Å². The van der Waals surface area contributed by atoms with Crippen LogP contribution in [-0.2, 0) is 10.0 Å². The normalized spacial score (nSPS) is 15.1. The summed E-state index contributed by atoms with van der Waals surface area (Å²) in [4.78, 5) is 12.1. The van der Waals surface area contributed by atoms with Crippen LogP contribution in [0.1, 0.15) is 6.42 Å². The number of non-ortho nitro benzene ring substituents is 1. The molecule has 1 aliphatic heterocycles. The molecule has 0 unspecified atom stereocenters. The standard InChI is InChI=1S/C13H19ClN4O4S.2ClH/c14-12-10-11(18(19)20)2-3-13(12)23(21,22)16-4-1-7-17-8-5-15-6-9-17;;/h2-3,10,15-16H,1,4-9H2;2*1H. The molecule has 0 spiro atoms. The topological polar surface area (TPSA) is 105 Å². The minimum Gasteiger partial charge on any atom is -0.314 e. The monoisotopic (exact) mass is 434 g/mol. The summed E-state index contributed by atoms with van der Waals surface area (Å²) in [6.45, 7) is 4.92. The van der Waals surface area contributed by atoms with Crippen molar-refractivity contribution in [3.63, 3.8) is 0 Å². The third-order valence-electron chi connectivity index (χ3n) is 3.57.